The Morgan fingerprint density at radius 1 is 1.06 bits per heavy atom. The van der Waals surface area contributed by atoms with Gasteiger partial charge in [-0.05, 0) is 89.2 Å². The lowest BCUT2D eigenvalue weighted by Crippen LogP contribution is -2.43. The highest BCUT2D eigenvalue weighted by Gasteiger charge is 2.35. The van der Waals surface area contributed by atoms with Crippen molar-refractivity contribution >= 4 is 26.7 Å². The average Bonchev–Trinajstić information content (AvgIpc) is 3.39. The molecule has 3 heterocycles. The third kappa shape index (κ3) is 5.32. The van der Waals surface area contributed by atoms with Crippen LogP contribution >= 0.6 is 0 Å². The number of nitrogens with one attached hydrogen (secondary N) is 1. The van der Waals surface area contributed by atoms with Crippen molar-refractivity contribution in [1.82, 2.24) is 15.1 Å². The van der Waals surface area contributed by atoms with Gasteiger partial charge in [-0.25, -0.2) is 0 Å². The fourth-order valence-electron chi connectivity index (χ4n) is 5.08. The predicted molar refractivity (Wildman–Crippen MR) is 132 cm³/mol. The van der Waals surface area contributed by atoms with Crippen molar-refractivity contribution in [2.45, 2.75) is 52.9 Å². The van der Waals surface area contributed by atoms with Crippen molar-refractivity contribution in [3.8, 4) is 0 Å². The topological polar surface area (TPSA) is 82.1 Å². The van der Waals surface area contributed by atoms with Gasteiger partial charge in [-0.1, -0.05) is 18.2 Å². The maximum atomic E-state index is 12.9. The van der Waals surface area contributed by atoms with Gasteiger partial charge in [-0.2, -0.15) is 8.42 Å². The molecule has 0 atom stereocenters. The second-order valence-corrected chi connectivity index (χ2v) is 11.1. The van der Waals surface area contributed by atoms with E-state index in [9.17, 15) is 13.2 Å². The Morgan fingerprint density at radius 3 is 2.42 bits per heavy atom. The molecule has 0 aromatic heterocycles. The highest BCUT2D eigenvalue weighted by molar-refractivity contribution is 8.00. The van der Waals surface area contributed by atoms with Gasteiger partial charge in [0.2, 0.25) is 5.91 Å². The minimum atomic E-state index is -3.73. The van der Waals surface area contributed by atoms with E-state index in [1.165, 1.54) is 25.9 Å². The lowest BCUT2D eigenvalue weighted by Gasteiger charge is -2.33. The number of nitrogens with zero attached hydrogens (tertiary/aromatic N) is 3. The molecule has 0 saturated carbocycles. The Hall–Kier alpha value is -2.19. The summed E-state index contributed by atoms with van der Waals surface area (Å²) in [6, 6.07) is 5.73. The first-order valence-electron chi connectivity index (χ1n) is 12.1. The van der Waals surface area contributed by atoms with Crippen LogP contribution in [0.3, 0.4) is 0 Å². The summed E-state index contributed by atoms with van der Waals surface area (Å²) in [6.45, 7) is 11.3. The SMILES string of the molecule is CC1=C(c2ccc(C)c(C)c2)S(=O)(=O)N=C1N1CCC(C(=O)NCCCN2CCCC2)CC1. The maximum Gasteiger partial charge on any atom is 0.285 e. The van der Waals surface area contributed by atoms with Crippen LogP contribution in [0.2, 0.25) is 0 Å². The maximum absolute atomic E-state index is 12.9. The third-order valence-electron chi connectivity index (χ3n) is 7.22. The molecular weight excluding hydrogens is 436 g/mol. The van der Waals surface area contributed by atoms with Gasteiger partial charge in [0, 0.05) is 31.1 Å². The number of piperidine rings is 1. The van der Waals surface area contributed by atoms with Crippen LogP contribution in [0.4, 0.5) is 0 Å². The van der Waals surface area contributed by atoms with Crippen molar-refractivity contribution in [2.24, 2.45) is 10.3 Å². The molecule has 0 radical (unpaired) electrons. The van der Waals surface area contributed by atoms with Gasteiger partial charge < -0.3 is 15.1 Å². The lowest BCUT2D eigenvalue weighted by atomic mass is 9.95. The molecule has 2 fully saturated rings. The molecule has 3 aliphatic heterocycles. The fourth-order valence-corrected chi connectivity index (χ4v) is 6.56. The molecule has 180 valence electrons. The van der Waals surface area contributed by atoms with Crippen LogP contribution < -0.4 is 5.32 Å². The highest BCUT2D eigenvalue weighted by Crippen LogP contribution is 2.35. The number of hydrogen-bond acceptors (Lipinski definition) is 5. The van der Waals surface area contributed by atoms with Crippen molar-refractivity contribution in [3.05, 3.63) is 40.5 Å². The van der Waals surface area contributed by atoms with Gasteiger partial charge in [0.1, 0.15) is 10.7 Å². The molecule has 1 aromatic rings. The summed E-state index contributed by atoms with van der Waals surface area (Å²) < 4.78 is 29.9. The number of amides is 1. The van der Waals surface area contributed by atoms with E-state index in [-0.39, 0.29) is 11.8 Å². The van der Waals surface area contributed by atoms with Crippen molar-refractivity contribution in [2.75, 3.05) is 39.3 Å². The molecule has 0 bridgehead atoms. The molecule has 0 spiro atoms. The van der Waals surface area contributed by atoms with Gasteiger partial charge >= 0.3 is 0 Å². The number of carbonyl (C=O) groups excluding carboxylic acids is 1. The molecule has 1 aromatic carbocycles. The zero-order chi connectivity index (χ0) is 23.6. The summed E-state index contributed by atoms with van der Waals surface area (Å²) >= 11 is 0. The zero-order valence-corrected chi connectivity index (χ0v) is 20.9. The van der Waals surface area contributed by atoms with E-state index in [0.29, 0.717) is 47.8 Å². The number of rotatable bonds is 6. The summed E-state index contributed by atoms with van der Waals surface area (Å²) in [7, 11) is -3.73. The van der Waals surface area contributed by atoms with E-state index < -0.39 is 10.0 Å². The van der Waals surface area contributed by atoms with Crippen molar-refractivity contribution < 1.29 is 13.2 Å². The van der Waals surface area contributed by atoms with Gasteiger partial charge in [0.15, 0.2) is 0 Å². The minimum absolute atomic E-state index is 0.0184. The van der Waals surface area contributed by atoms with Crippen LogP contribution in [0.5, 0.6) is 0 Å². The quantitative estimate of drug-likeness (QED) is 0.644. The second-order valence-electron chi connectivity index (χ2n) is 9.60. The molecule has 33 heavy (non-hydrogen) atoms. The van der Waals surface area contributed by atoms with Gasteiger partial charge in [0.05, 0.1) is 0 Å². The largest absolute Gasteiger partial charge is 0.356 e. The molecule has 8 heteroatoms. The van der Waals surface area contributed by atoms with E-state index in [1.807, 2.05) is 43.9 Å². The number of likely N-dealkylation sites (tertiary alicyclic amines) is 2. The molecule has 7 nitrogen and oxygen atoms in total. The van der Waals surface area contributed by atoms with Crippen LogP contribution in [0, 0.1) is 19.8 Å². The van der Waals surface area contributed by atoms with E-state index in [2.05, 4.69) is 14.6 Å². The normalized spacial score (nSPS) is 21.5. The summed E-state index contributed by atoms with van der Waals surface area (Å²) in [6.07, 6.45) is 4.99. The summed E-state index contributed by atoms with van der Waals surface area (Å²) in [5.74, 6) is 0.642. The molecular formula is C25H36N4O3S. The van der Waals surface area contributed by atoms with Gasteiger partial charge in [0.25, 0.3) is 10.0 Å². The van der Waals surface area contributed by atoms with E-state index >= 15 is 0 Å². The molecule has 3 aliphatic rings. The molecule has 4 rings (SSSR count). The number of carbonyl (C=O) groups is 1. The van der Waals surface area contributed by atoms with Crippen molar-refractivity contribution in [1.29, 1.82) is 0 Å². The summed E-state index contributed by atoms with van der Waals surface area (Å²) in [4.78, 5) is 17.4. The van der Waals surface area contributed by atoms with Gasteiger partial charge in [-0.15, -0.1) is 4.40 Å². The lowest BCUT2D eigenvalue weighted by molar-refractivity contribution is -0.126. The zero-order valence-electron chi connectivity index (χ0n) is 20.1. The number of hydrogen-bond donors (Lipinski definition) is 1. The first-order valence-corrected chi connectivity index (χ1v) is 13.6. The van der Waals surface area contributed by atoms with Gasteiger partial charge in [-0.3, -0.25) is 4.79 Å². The number of amidine groups is 1. The highest BCUT2D eigenvalue weighted by atomic mass is 32.2. The van der Waals surface area contributed by atoms with Crippen LogP contribution in [0.15, 0.2) is 28.2 Å². The van der Waals surface area contributed by atoms with Crippen molar-refractivity contribution in [3.63, 3.8) is 0 Å². The number of sulfonamides is 1. The monoisotopic (exact) mass is 472 g/mol. The van der Waals surface area contributed by atoms with Crippen LogP contribution in [-0.4, -0.2) is 69.2 Å². The minimum Gasteiger partial charge on any atom is -0.356 e. The Kier molecular flexibility index (Phi) is 7.24. The summed E-state index contributed by atoms with van der Waals surface area (Å²) in [5, 5.41) is 3.10. The molecule has 1 amide bonds. The molecule has 0 unspecified atom stereocenters. The Balaban J connectivity index is 1.33. The number of aryl methyl sites for hydroxylation is 2. The van der Waals surface area contributed by atoms with Crippen LogP contribution in [0.1, 0.15) is 55.7 Å². The van der Waals surface area contributed by atoms with E-state index in [1.54, 1.807) is 0 Å². The first kappa shape index (κ1) is 24.0. The van der Waals surface area contributed by atoms with E-state index in [0.717, 1.165) is 30.6 Å². The molecule has 1 N–H and O–H groups in total. The second kappa shape index (κ2) is 9.97. The van der Waals surface area contributed by atoms with Crippen LogP contribution in [-0.2, 0) is 14.8 Å². The first-order chi connectivity index (χ1) is 15.8. The fraction of sp³-hybridized carbons (Fsp3) is 0.600. The van der Waals surface area contributed by atoms with E-state index in [4.69, 9.17) is 0 Å². The predicted octanol–water partition coefficient (Wildman–Crippen LogP) is 3.09. The number of benzene rings is 1. The third-order valence-corrected chi connectivity index (χ3v) is 8.70. The Bertz CT molecular complexity index is 1060. The average molecular weight is 473 g/mol. The Labute approximate surface area is 198 Å². The molecule has 0 aliphatic carbocycles. The van der Waals surface area contributed by atoms with Crippen LogP contribution in [0.25, 0.3) is 4.91 Å². The standard InChI is InChI=1S/C25H36N4O3S/c1-18-7-8-22(17-19(18)2)23-20(3)24(27-33(23,31)32)29-15-9-21(10-16-29)25(30)26-11-6-14-28-12-4-5-13-28/h7-8,17,21H,4-6,9-16H2,1-3H3,(H,26,30). The Morgan fingerprint density at radius 2 is 1.76 bits per heavy atom. The smallest absolute Gasteiger partial charge is 0.285 e. The summed E-state index contributed by atoms with van der Waals surface area (Å²) in [5.41, 5.74) is 3.58. The molecule has 2 saturated heterocycles.